The highest BCUT2D eigenvalue weighted by Gasteiger charge is 2.52. The van der Waals surface area contributed by atoms with Gasteiger partial charge in [0, 0.05) is 0 Å². The quantitative estimate of drug-likeness (QED) is 0.518. The maximum Gasteiger partial charge on any atom is 0.409 e. The van der Waals surface area contributed by atoms with Crippen molar-refractivity contribution < 1.29 is 23.5 Å². The summed E-state index contributed by atoms with van der Waals surface area (Å²) in [5.41, 5.74) is 8.15. The van der Waals surface area contributed by atoms with E-state index in [0.29, 0.717) is 24.0 Å². The van der Waals surface area contributed by atoms with E-state index < -0.39 is 17.7 Å². The number of carbonyl (C=O) groups is 2. The van der Waals surface area contributed by atoms with Crippen molar-refractivity contribution in [2.75, 3.05) is 0 Å². The van der Waals surface area contributed by atoms with Gasteiger partial charge in [0.15, 0.2) is 11.4 Å². The smallest absolute Gasteiger partial charge is 0.409 e. The largest absolute Gasteiger partial charge is 0.447 e. The van der Waals surface area contributed by atoms with Crippen molar-refractivity contribution in [1.29, 1.82) is 0 Å². The number of rotatable bonds is 5. The van der Waals surface area contributed by atoms with E-state index in [0.717, 1.165) is 29.5 Å². The van der Waals surface area contributed by atoms with Crippen LogP contribution in [-0.4, -0.2) is 17.7 Å². The maximum atomic E-state index is 13.5. The lowest BCUT2D eigenvalue weighted by Crippen LogP contribution is -2.31. The molecule has 1 aromatic rings. The van der Waals surface area contributed by atoms with Gasteiger partial charge in [-0.1, -0.05) is 30.9 Å². The van der Waals surface area contributed by atoms with Gasteiger partial charge >= 0.3 is 12.1 Å². The molecule has 1 saturated carbocycles. The zero-order valence-electron chi connectivity index (χ0n) is 17.5. The lowest BCUT2D eigenvalue weighted by molar-refractivity contribution is -0.146. The van der Waals surface area contributed by atoms with Crippen LogP contribution in [0.3, 0.4) is 0 Å². The topological polar surface area (TPSA) is 78.6 Å². The first-order chi connectivity index (χ1) is 14.2. The Kier molecular flexibility index (Phi) is 5.97. The second-order valence-electron chi connectivity index (χ2n) is 7.68. The zero-order chi connectivity index (χ0) is 22.1. The molecule has 1 heterocycles. The molecule has 0 saturated heterocycles. The van der Waals surface area contributed by atoms with Gasteiger partial charge in [0.25, 0.3) is 0 Å². The second-order valence-corrected chi connectivity index (χ2v) is 7.68. The molecular weight excluding hydrogens is 385 g/mol. The lowest BCUT2D eigenvalue weighted by atomic mass is 9.87. The number of hydrogen-bond acceptors (Lipinski definition) is 4. The minimum absolute atomic E-state index is 0.196. The van der Waals surface area contributed by atoms with E-state index in [2.05, 4.69) is 6.58 Å². The van der Waals surface area contributed by atoms with Crippen LogP contribution < -0.4 is 5.73 Å². The van der Waals surface area contributed by atoms with Crippen LogP contribution in [0.1, 0.15) is 54.9 Å². The third kappa shape index (κ3) is 3.82. The Morgan fingerprint density at radius 2 is 1.93 bits per heavy atom. The predicted molar refractivity (Wildman–Crippen MR) is 114 cm³/mol. The highest BCUT2D eigenvalue weighted by Crippen LogP contribution is 2.49. The number of benzene rings is 1. The molecule has 1 fully saturated rings. The van der Waals surface area contributed by atoms with Gasteiger partial charge in [-0.2, -0.15) is 0 Å². The molecular formula is C24H26FNO4. The number of hydrogen-bond donors (Lipinski definition) is 1. The van der Waals surface area contributed by atoms with E-state index in [1.807, 2.05) is 26.0 Å². The summed E-state index contributed by atoms with van der Waals surface area (Å²) in [7, 11) is 0. The van der Waals surface area contributed by atoms with Crippen molar-refractivity contribution in [2.24, 2.45) is 5.73 Å². The Morgan fingerprint density at radius 1 is 1.27 bits per heavy atom. The number of primary amides is 1. The molecule has 1 amide bonds. The van der Waals surface area contributed by atoms with Gasteiger partial charge in [0.2, 0.25) is 0 Å². The SMILES string of the molecule is C=C(C=CC(F)=CC)c1ccc(C)c(C2=C(OC(N)=O)C3(CCCC3)OC2=O)c1C. The van der Waals surface area contributed by atoms with Crippen molar-refractivity contribution in [1.82, 2.24) is 0 Å². The summed E-state index contributed by atoms with van der Waals surface area (Å²) in [4.78, 5) is 24.6. The summed E-state index contributed by atoms with van der Waals surface area (Å²) in [6.45, 7) is 9.35. The van der Waals surface area contributed by atoms with E-state index in [4.69, 9.17) is 15.2 Å². The fourth-order valence-corrected chi connectivity index (χ4v) is 4.28. The van der Waals surface area contributed by atoms with Crippen molar-refractivity contribution in [3.05, 3.63) is 70.8 Å². The standard InChI is InChI=1S/C24H26FNO4/c1-5-17(25)10-8-14(2)18-11-9-15(3)19(16(18)4)20-21(29-23(26)28)24(30-22(20)27)12-6-7-13-24/h5,8-11H,2,6-7,12-13H2,1,3-4H3,(H2,26,28). The Balaban J connectivity index is 2.18. The predicted octanol–water partition coefficient (Wildman–Crippen LogP) is 5.42. The highest BCUT2D eigenvalue weighted by molar-refractivity contribution is 6.21. The van der Waals surface area contributed by atoms with Crippen LogP contribution in [0.5, 0.6) is 0 Å². The highest BCUT2D eigenvalue weighted by atomic mass is 19.1. The number of aryl methyl sites for hydroxylation is 1. The third-order valence-electron chi connectivity index (χ3n) is 5.74. The van der Waals surface area contributed by atoms with Gasteiger partial charge in [0.1, 0.15) is 11.4 Å². The van der Waals surface area contributed by atoms with Gasteiger partial charge in [-0.25, -0.2) is 14.0 Å². The average molecular weight is 411 g/mol. The number of carbonyl (C=O) groups excluding carboxylic acids is 2. The molecule has 2 N–H and O–H groups in total. The van der Waals surface area contributed by atoms with E-state index in [-0.39, 0.29) is 17.2 Å². The molecule has 1 spiro atoms. The molecule has 0 unspecified atom stereocenters. The Bertz CT molecular complexity index is 1010. The number of nitrogens with two attached hydrogens (primary N) is 1. The first kappa shape index (κ1) is 21.6. The average Bonchev–Trinajstić information content (AvgIpc) is 3.25. The molecule has 158 valence electrons. The molecule has 1 aliphatic carbocycles. The number of esters is 1. The maximum absolute atomic E-state index is 13.5. The molecule has 2 aliphatic rings. The van der Waals surface area contributed by atoms with E-state index in [9.17, 15) is 14.0 Å². The summed E-state index contributed by atoms with van der Waals surface area (Å²) in [5, 5.41) is 0. The monoisotopic (exact) mass is 411 g/mol. The summed E-state index contributed by atoms with van der Waals surface area (Å²) in [5.74, 6) is -0.705. The molecule has 1 aromatic carbocycles. The van der Waals surface area contributed by atoms with Crippen LogP contribution in [0.25, 0.3) is 11.1 Å². The second kappa shape index (κ2) is 8.30. The van der Waals surface area contributed by atoms with E-state index in [1.54, 1.807) is 13.0 Å². The van der Waals surface area contributed by atoms with Gasteiger partial charge in [-0.3, -0.25) is 0 Å². The summed E-state index contributed by atoms with van der Waals surface area (Å²) in [6.07, 6.45) is 6.18. The summed E-state index contributed by atoms with van der Waals surface area (Å²) >= 11 is 0. The molecule has 0 atom stereocenters. The van der Waals surface area contributed by atoms with Crippen LogP contribution in [0.15, 0.2) is 48.5 Å². The number of amides is 1. The molecule has 6 heteroatoms. The molecule has 3 rings (SSSR count). The molecule has 0 radical (unpaired) electrons. The van der Waals surface area contributed by atoms with Crippen LogP contribution in [0.2, 0.25) is 0 Å². The van der Waals surface area contributed by atoms with Gasteiger partial charge < -0.3 is 15.2 Å². The molecule has 1 aliphatic heterocycles. The fraction of sp³-hybridized carbons (Fsp3) is 0.333. The van der Waals surface area contributed by atoms with Crippen molar-refractivity contribution in [3.63, 3.8) is 0 Å². The van der Waals surface area contributed by atoms with Gasteiger partial charge in [-0.05, 0) is 80.4 Å². The first-order valence-electron chi connectivity index (χ1n) is 9.95. The van der Waals surface area contributed by atoms with Crippen LogP contribution in [0.4, 0.5) is 9.18 Å². The van der Waals surface area contributed by atoms with Gasteiger partial charge in [-0.15, -0.1) is 0 Å². The van der Waals surface area contributed by atoms with Crippen LogP contribution in [0, 0.1) is 13.8 Å². The Hall–Kier alpha value is -3.15. The summed E-state index contributed by atoms with van der Waals surface area (Å²) < 4.78 is 24.6. The Labute approximate surface area is 175 Å². The first-order valence-corrected chi connectivity index (χ1v) is 9.95. The van der Waals surface area contributed by atoms with Crippen LogP contribution in [-0.2, 0) is 14.3 Å². The molecule has 5 nitrogen and oxygen atoms in total. The Morgan fingerprint density at radius 3 is 2.53 bits per heavy atom. The van der Waals surface area contributed by atoms with Crippen LogP contribution >= 0.6 is 0 Å². The van der Waals surface area contributed by atoms with Crippen molar-refractivity contribution in [2.45, 2.75) is 52.1 Å². The number of halogens is 1. The van der Waals surface area contributed by atoms with Crippen molar-refractivity contribution in [3.8, 4) is 0 Å². The minimum atomic E-state index is -0.979. The van der Waals surface area contributed by atoms with Crippen molar-refractivity contribution >= 4 is 23.2 Å². The van der Waals surface area contributed by atoms with Gasteiger partial charge in [0.05, 0.1) is 0 Å². The zero-order valence-corrected chi connectivity index (χ0v) is 17.5. The fourth-order valence-electron chi connectivity index (χ4n) is 4.28. The molecule has 0 aromatic heterocycles. The minimum Gasteiger partial charge on any atom is -0.447 e. The number of allylic oxidation sites excluding steroid dienone is 5. The third-order valence-corrected chi connectivity index (χ3v) is 5.74. The molecule has 0 bridgehead atoms. The normalized spacial score (nSPS) is 18.4. The lowest BCUT2D eigenvalue weighted by Gasteiger charge is -2.24. The summed E-state index contributed by atoms with van der Waals surface area (Å²) in [6, 6.07) is 3.72. The van der Waals surface area contributed by atoms with E-state index >= 15 is 0 Å². The van der Waals surface area contributed by atoms with E-state index in [1.165, 1.54) is 12.2 Å². The number of ether oxygens (including phenoxy) is 2. The molecule has 30 heavy (non-hydrogen) atoms.